The number of alkyl carbamates (subject to hydrolysis) is 1. The van der Waals surface area contributed by atoms with Crippen LogP contribution in [0.4, 0.5) is 4.79 Å². The Hall–Kier alpha value is -3.23. The van der Waals surface area contributed by atoms with E-state index in [1.54, 1.807) is 41.5 Å². The van der Waals surface area contributed by atoms with E-state index >= 15 is 0 Å². The van der Waals surface area contributed by atoms with Gasteiger partial charge in [-0.05, 0) is 53.7 Å². The Morgan fingerprint density at radius 3 is 2.17 bits per heavy atom. The molecule has 9 heteroatoms. The molecule has 1 amide bonds. The Balaban J connectivity index is 2.16. The first-order chi connectivity index (χ1) is 13.8. The van der Waals surface area contributed by atoms with E-state index < -0.39 is 35.1 Å². The number of nitrogens with one attached hydrogen (secondary N) is 1. The number of Topliss-reactive ketones (excluding diaryl/α,β-unsaturated/α-hetero) is 1. The summed E-state index contributed by atoms with van der Waals surface area (Å²) in [6.07, 6.45) is 0.304. The maximum Gasteiger partial charge on any atom is 0.408 e. The van der Waals surface area contributed by atoms with E-state index in [1.165, 1.54) is 10.9 Å². The number of hydrogen-bond donors (Lipinski definition) is 1. The van der Waals surface area contributed by atoms with Gasteiger partial charge in [-0.25, -0.2) is 14.3 Å². The molecule has 1 heterocycles. The zero-order chi connectivity index (χ0) is 22.5. The third kappa shape index (κ3) is 7.31. The highest BCUT2D eigenvalue weighted by Gasteiger charge is 2.31. The molecule has 0 saturated carbocycles. The summed E-state index contributed by atoms with van der Waals surface area (Å²) in [5, 5.41) is 10.3. The van der Waals surface area contributed by atoms with Gasteiger partial charge in [0.1, 0.15) is 22.9 Å². The Morgan fingerprint density at radius 1 is 1.00 bits per heavy atom. The number of rotatable bonds is 6. The molecule has 2 rings (SSSR count). The Morgan fingerprint density at radius 2 is 1.60 bits per heavy atom. The fraction of sp³-hybridized carbons (Fsp3) is 0.476. The topological polar surface area (TPSA) is 112 Å². The van der Waals surface area contributed by atoms with Gasteiger partial charge in [0.05, 0.1) is 11.9 Å². The van der Waals surface area contributed by atoms with Crippen LogP contribution in [-0.4, -0.2) is 50.1 Å². The summed E-state index contributed by atoms with van der Waals surface area (Å²) in [7, 11) is 0. The van der Waals surface area contributed by atoms with Gasteiger partial charge in [-0.1, -0.05) is 23.4 Å². The molecule has 1 aromatic heterocycles. The van der Waals surface area contributed by atoms with Crippen molar-refractivity contribution >= 4 is 17.8 Å². The van der Waals surface area contributed by atoms with Gasteiger partial charge in [0.15, 0.2) is 5.78 Å². The summed E-state index contributed by atoms with van der Waals surface area (Å²) in [5.41, 5.74) is -0.743. The summed E-state index contributed by atoms with van der Waals surface area (Å²) in [5.74, 6) is -1.21. The quantitative estimate of drug-likeness (QED) is 0.569. The molecule has 1 N–H and O–H groups in total. The van der Waals surface area contributed by atoms with E-state index in [-0.39, 0.29) is 12.1 Å². The van der Waals surface area contributed by atoms with E-state index in [1.807, 2.05) is 30.3 Å². The van der Waals surface area contributed by atoms with Crippen LogP contribution in [0.1, 0.15) is 58.5 Å². The van der Waals surface area contributed by atoms with Gasteiger partial charge >= 0.3 is 12.1 Å². The fourth-order valence-corrected chi connectivity index (χ4v) is 2.40. The first kappa shape index (κ1) is 23.1. The standard InChI is InChI=1S/C21H28N4O5/c1-20(2,3)29-18(27)15(22-19(28)30-21(4,5)6)12-17(26)16-13-25(24-23-16)14-10-8-7-9-11-14/h7-11,13,15H,12H2,1-6H3,(H,22,28)/t15-/m0/s1. The lowest BCUT2D eigenvalue weighted by molar-refractivity contribution is -0.157. The predicted octanol–water partition coefficient (Wildman–Crippen LogP) is 3.08. The van der Waals surface area contributed by atoms with Gasteiger partial charge in [0.2, 0.25) is 0 Å². The van der Waals surface area contributed by atoms with Crippen molar-refractivity contribution in [1.82, 2.24) is 20.3 Å². The van der Waals surface area contributed by atoms with Crippen LogP contribution in [0.2, 0.25) is 0 Å². The molecule has 0 radical (unpaired) electrons. The smallest absolute Gasteiger partial charge is 0.408 e. The molecule has 9 nitrogen and oxygen atoms in total. The Bertz CT molecular complexity index is 894. The van der Waals surface area contributed by atoms with Gasteiger partial charge in [0, 0.05) is 6.42 Å². The molecule has 30 heavy (non-hydrogen) atoms. The third-order valence-electron chi connectivity index (χ3n) is 3.57. The Kier molecular flexibility index (Phi) is 6.96. The van der Waals surface area contributed by atoms with Crippen molar-refractivity contribution in [2.24, 2.45) is 0 Å². The van der Waals surface area contributed by atoms with Crippen LogP contribution in [0.5, 0.6) is 0 Å². The number of ketones is 1. The molecule has 0 aliphatic heterocycles. The third-order valence-corrected chi connectivity index (χ3v) is 3.57. The summed E-state index contributed by atoms with van der Waals surface area (Å²) in [4.78, 5) is 37.5. The average Bonchev–Trinajstić information content (AvgIpc) is 3.09. The number of ether oxygens (including phenoxy) is 2. The lowest BCUT2D eigenvalue weighted by Crippen LogP contribution is -2.47. The number of benzene rings is 1. The maximum absolute atomic E-state index is 12.7. The zero-order valence-electron chi connectivity index (χ0n) is 18.1. The van der Waals surface area contributed by atoms with Gasteiger partial charge in [-0.3, -0.25) is 4.79 Å². The molecule has 0 bridgehead atoms. The monoisotopic (exact) mass is 416 g/mol. The van der Waals surface area contributed by atoms with Crippen molar-refractivity contribution in [1.29, 1.82) is 0 Å². The molecule has 2 aromatic rings. The highest BCUT2D eigenvalue weighted by atomic mass is 16.6. The van der Waals surface area contributed by atoms with Gasteiger partial charge in [0.25, 0.3) is 0 Å². The molecular formula is C21H28N4O5. The van der Waals surface area contributed by atoms with E-state index in [4.69, 9.17) is 9.47 Å². The van der Waals surface area contributed by atoms with E-state index in [0.29, 0.717) is 0 Å². The van der Waals surface area contributed by atoms with Crippen LogP contribution < -0.4 is 5.32 Å². The molecule has 0 unspecified atom stereocenters. The molecular weight excluding hydrogens is 388 g/mol. The highest BCUT2D eigenvalue weighted by molar-refractivity contribution is 5.98. The molecule has 0 aliphatic rings. The maximum atomic E-state index is 12.7. The van der Waals surface area contributed by atoms with Crippen LogP contribution in [0, 0.1) is 0 Å². The van der Waals surface area contributed by atoms with Crippen molar-refractivity contribution in [2.45, 2.75) is 65.2 Å². The van der Waals surface area contributed by atoms with Crippen LogP contribution in [0.15, 0.2) is 36.5 Å². The molecule has 0 aliphatic carbocycles. The molecule has 0 fully saturated rings. The number of carbonyl (C=O) groups is 3. The van der Waals surface area contributed by atoms with Crippen molar-refractivity contribution in [2.75, 3.05) is 0 Å². The highest BCUT2D eigenvalue weighted by Crippen LogP contribution is 2.14. The van der Waals surface area contributed by atoms with Crippen molar-refractivity contribution in [3.05, 3.63) is 42.2 Å². The number of amides is 1. The Labute approximate surface area is 175 Å². The average molecular weight is 416 g/mol. The van der Waals surface area contributed by atoms with Gasteiger partial charge in [-0.2, -0.15) is 0 Å². The van der Waals surface area contributed by atoms with Crippen LogP contribution in [0.3, 0.4) is 0 Å². The van der Waals surface area contributed by atoms with E-state index in [0.717, 1.165) is 5.69 Å². The minimum absolute atomic E-state index is 0.0680. The lowest BCUT2D eigenvalue weighted by atomic mass is 10.1. The molecule has 0 spiro atoms. The van der Waals surface area contributed by atoms with Crippen LogP contribution >= 0.6 is 0 Å². The normalized spacial score (nSPS) is 12.7. The number of hydrogen-bond acceptors (Lipinski definition) is 7. The number of aromatic nitrogens is 3. The van der Waals surface area contributed by atoms with Crippen LogP contribution in [0.25, 0.3) is 5.69 Å². The fourth-order valence-electron chi connectivity index (χ4n) is 2.40. The second-order valence-electron chi connectivity index (χ2n) is 8.74. The van der Waals surface area contributed by atoms with E-state index in [9.17, 15) is 14.4 Å². The number of esters is 1. The molecule has 0 saturated heterocycles. The first-order valence-electron chi connectivity index (χ1n) is 9.57. The number of para-hydroxylation sites is 1. The van der Waals surface area contributed by atoms with E-state index in [2.05, 4.69) is 15.6 Å². The minimum atomic E-state index is -1.23. The molecule has 1 aromatic carbocycles. The van der Waals surface area contributed by atoms with Crippen molar-refractivity contribution in [3.8, 4) is 5.69 Å². The molecule has 1 atom stereocenters. The minimum Gasteiger partial charge on any atom is -0.458 e. The first-order valence-corrected chi connectivity index (χ1v) is 9.57. The summed E-state index contributed by atoms with van der Waals surface area (Å²) in [6.45, 7) is 10.2. The summed E-state index contributed by atoms with van der Waals surface area (Å²) in [6, 6.07) is 7.94. The predicted molar refractivity (Wildman–Crippen MR) is 109 cm³/mol. The molecule has 162 valence electrons. The summed E-state index contributed by atoms with van der Waals surface area (Å²) >= 11 is 0. The second-order valence-corrected chi connectivity index (χ2v) is 8.74. The number of carbonyl (C=O) groups excluding carboxylic acids is 3. The zero-order valence-corrected chi connectivity index (χ0v) is 18.1. The van der Waals surface area contributed by atoms with Gasteiger partial charge < -0.3 is 14.8 Å². The van der Waals surface area contributed by atoms with Crippen LogP contribution in [-0.2, 0) is 14.3 Å². The van der Waals surface area contributed by atoms with Crippen molar-refractivity contribution < 1.29 is 23.9 Å². The lowest BCUT2D eigenvalue weighted by Gasteiger charge is -2.25. The second kappa shape index (κ2) is 9.06. The van der Waals surface area contributed by atoms with Crippen molar-refractivity contribution in [3.63, 3.8) is 0 Å². The number of nitrogens with zero attached hydrogens (tertiary/aromatic N) is 3. The SMILES string of the molecule is CC(C)(C)OC(=O)N[C@@H](CC(=O)c1cn(-c2ccccc2)nn1)C(=O)OC(C)(C)C. The van der Waals surface area contributed by atoms with Gasteiger partial charge in [-0.15, -0.1) is 5.10 Å². The summed E-state index contributed by atoms with van der Waals surface area (Å²) < 4.78 is 12.0. The largest absolute Gasteiger partial charge is 0.458 e.